The highest BCUT2D eigenvalue weighted by molar-refractivity contribution is 6.31. The van der Waals surface area contributed by atoms with E-state index < -0.39 is 0 Å². The van der Waals surface area contributed by atoms with Gasteiger partial charge in [-0.25, -0.2) is 9.37 Å². The van der Waals surface area contributed by atoms with Gasteiger partial charge in [-0.3, -0.25) is 0 Å². The van der Waals surface area contributed by atoms with E-state index in [0.717, 1.165) is 12.2 Å². The fourth-order valence-electron chi connectivity index (χ4n) is 1.83. The maximum absolute atomic E-state index is 12.9. The van der Waals surface area contributed by atoms with Crippen LogP contribution in [-0.2, 0) is 6.54 Å². The van der Waals surface area contributed by atoms with Gasteiger partial charge in [-0.05, 0) is 43.3 Å². The fourth-order valence-corrected chi connectivity index (χ4v) is 2.00. The number of aromatic nitrogens is 1. The van der Waals surface area contributed by atoms with Gasteiger partial charge in [0.2, 0.25) is 0 Å². The van der Waals surface area contributed by atoms with Crippen molar-refractivity contribution in [1.82, 2.24) is 4.98 Å². The lowest BCUT2D eigenvalue weighted by molar-refractivity contribution is 0.627. The first-order chi connectivity index (χ1) is 9.10. The van der Waals surface area contributed by atoms with Gasteiger partial charge in [0.1, 0.15) is 11.6 Å². The molecule has 1 aromatic carbocycles. The summed E-state index contributed by atoms with van der Waals surface area (Å²) in [7, 11) is 0. The van der Waals surface area contributed by atoms with E-state index in [1.54, 1.807) is 24.3 Å². The Bertz CT molecular complexity index is 557. The van der Waals surface area contributed by atoms with Gasteiger partial charge in [-0.1, -0.05) is 11.6 Å². The number of rotatable bonds is 4. The molecule has 0 unspecified atom stereocenters. The predicted molar refractivity (Wildman–Crippen MR) is 76.8 cm³/mol. The Morgan fingerprint density at radius 2 is 1.89 bits per heavy atom. The molecule has 0 aliphatic heterocycles. The molecule has 0 saturated heterocycles. The zero-order valence-corrected chi connectivity index (χ0v) is 11.4. The molecule has 0 amide bonds. The van der Waals surface area contributed by atoms with Crippen LogP contribution in [-0.4, -0.2) is 11.5 Å². The molecule has 0 saturated carbocycles. The molecule has 0 spiro atoms. The molecule has 3 nitrogen and oxygen atoms in total. The van der Waals surface area contributed by atoms with E-state index in [-0.39, 0.29) is 5.82 Å². The summed E-state index contributed by atoms with van der Waals surface area (Å²) >= 11 is 6.11. The van der Waals surface area contributed by atoms with Crippen molar-refractivity contribution in [2.45, 2.75) is 13.5 Å². The second kappa shape index (κ2) is 5.89. The Labute approximate surface area is 116 Å². The minimum atomic E-state index is -0.250. The lowest BCUT2D eigenvalue weighted by atomic mass is 10.2. The van der Waals surface area contributed by atoms with E-state index in [4.69, 9.17) is 17.3 Å². The van der Waals surface area contributed by atoms with E-state index in [1.165, 1.54) is 12.1 Å². The molecule has 0 bridgehead atoms. The summed E-state index contributed by atoms with van der Waals surface area (Å²) in [4.78, 5) is 6.28. The van der Waals surface area contributed by atoms with Crippen molar-refractivity contribution in [1.29, 1.82) is 0 Å². The first-order valence-electron chi connectivity index (χ1n) is 6.01. The van der Waals surface area contributed by atoms with Crippen molar-refractivity contribution >= 4 is 23.1 Å². The largest absolute Gasteiger partial charge is 0.384 e. The van der Waals surface area contributed by atoms with Gasteiger partial charge in [-0.15, -0.1) is 0 Å². The Morgan fingerprint density at radius 1 is 1.21 bits per heavy atom. The molecular formula is C14H15ClFN3. The first-order valence-corrected chi connectivity index (χ1v) is 6.39. The van der Waals surface area contributed by atoms with E-state index in [1.807, 2.05) is 11.8 Å². The van der Waals surface area contributed by atoms with Crippen LogP contribution in [0.2, 0.25) is 5.02 Å². The first kappa shape index (κ1) is 13.6. The number of nitrogen functional groups attached to an aromatic ring is 1. The molecule has 0 fully saturated rings. The molecule has 2 N–H and O–H groups in total. The molecule has 0 aliphatic rings. The van der Waals surface area contributed by atoms with Gasteiger partial charge in [-0.2, -0.15) is 0 Å². The Morgan fingerprint density at radius 3 is 2.53 bits per heavy atom. The summed E-state index contributed by atoms with van der Waals surface area (Å²) in [6.07, 6.45) is 0. The third-order valence-corrected chi connectivity index (χ3v) is 3.20. The molecule has 19 heavy (non-hydrogen) atoms. The van der Waals surface area contributed by atoms with Crippen LogP contribution in [0.25, 0.3) is 0 Å². The summed E-state index contributed by atoms with van der Waals surface area (Å²) in [5.41, 5.74) is 7.30. The van der Waals surface area contributed by atoms with Gasteiger partial charge in [0, 0.05) is 12.2 Å². The number of anilines is 2. The lowest BCUT2D eigenvalue weighted by Crippen LogP contribution is -2.23. The van der Waals surface area contributed by atoms with Gasteiger partial charge >= 0.3 is 0 Å². The van der Waals surface area contributed by atoms with Gasteiger partial charge in [0.25, 0.3) is 0 Å². The van der Waals surface area contributed by atoms with Crippen LogP contribution in [0.5, 0.6) is 0 Å². The number of nitrogens with two attached hydrogens (primary N) is 1. The lowest BCUT2D eigenvalue weighted by Gasteiger charge is -2.23. The second-order valence-electron chi connectivity index (χ2n) is 4.16. The number of hydrogen-bond donors (Lipinski definition) is 1. The highest BCUT2D eigenvalue weighted by Crippen LogP contribution is 2.21. The molecule has 5 heteroatoms. The van der Waals surface area contributed by atoms with Gasteiger partial charge in [0.05, 0.1) is 17.3 Å². The number of pyridine rings is 1. The van der Waals surface area contributed by atoms with Crippen molar-refractivity contribution in [3.63, 3.8) is 0 Å². The van der Waals surface area contributed by atoms with Gasteiger partial charge < -0.3 is 10.6 Å². The van der Waals surface area contributed by atoms with Crippen LogP contribution in [0.3, 0.4) is 0 Å². The maximum atomic E-state index is 12.9. The zero-order valence-electron chi connectivity index (χ0n) is 10.6. The van der Waals surface area contributed by atoms with Crippen LogP contribution < -0.4 is 10.6 Å². The second-order valence-corrected chi connectivity index (χ2v) is 4.56. The van der Waals surface area contributed by atoms with E-state index >= 15 is 0 Å². The number of hydrogen-bond acceptors (Lipinski definition) is 3. The van der Waals surface area contributed by atoms with Crippen molar-refractivity contribution in [3.05, 3.63) is 52.9 Å². The standard InChI is InChI=1S/C14H15ClFN3/c1-2-19(11-5-3-10(16)4-6-11)9-13-12(15)7-8-14(17)18-13/h3-8H,2,9H2,1H3,(H2,17,18). The van der Waals surface area contributed by atoms with E-state index in [2.05, 4.69) is 4.98 Å². The van der Waals surface area contributed by atoms with Crippen molar-refractivity contribution in [2.24, 2.45) is 0 Å². The number of benzene rings is 1. The summed E-state index contributed by atoms with van der Waals surface area (Å²) in [6.45, 7) is 3.31. The van der Waals surface area contributed by atoms with Gasteiger partial charge in [0.15, 0.2) is 0 Å². The number of halogens is 2. The fraction of sp³-hybridized carbons (Fsp3) is 0.214. The molecule has 2 aromatic rings. The highest BCUT2D eigenvalue weighted by Gasteiger charge is 2.10. The predicted octanol–water partition coefficient (Wildman–Crippen LogP) is 3.48. The maximum Gasteiger partial charge on any atom is 0.123 e. The summed E-state index contributed by atoms with van der Waals surface area (Å²) in [5, 5.41) is 0.578. The van der Waals surface area contributed by atoms with Crippen LogP contribution in [0, 0.1) is 5.82 Å². The monoisotopic (exact) mass is 279 g/mol. The van der Waals surface area contributed by atoms with Crippen LogP contribution in [0.4, 0.5) is 15.9 Å². The average molecular weight is 280 g/mol. The minimum absolute atomic E-state index is 0.250. The molecule has 0 atom stereocenters. The normalized spacial score (nSPS) is 10.5. The smallest absolute Gasteiger partial charge is 0.123 e. The zero-order chi connectivity index (χ0) is 13.8. The average Bonchev–Trinajstić information content (AvgIpc) is 2.41. The van der Waals surface area contributed by atoms with Crippen LogP contribution in [0.15, 0.2) is 36.4 Å². The van der Waals surface area contributed by atoms with Crippen molar-refractivity contribution in [3.8, 4) is 0 Å². The molecule has 2 rings (SSSR count). The third-order valence-electron chi connectivity index (χ3n) is 2.85. The molecule has 100 valence electrons. The summed E-state index contributed by atoms with van der Waals surface area (Å²) < 4.78 is 12.9. The topological polar surface area (TPSA) is 42.2 Å². The minimum Gasteiger partial charge on any atom is -0.384 e. The van der Waals surface area contributed by atoms with Crippen molar-refractivity contribution < 1.29 is 4.39 Å². The molecular weight excluding hydrogens is 265 g/mol. The number of nitrogens with zero attached hydrogens (tertiary/aromatic N) is 2. The van der Waals surface area contributed by atoms with Crippen molar-refractivity contribution in [2.75, 3.05) is 17.2 Å². The Balaban J connectivity index is 2.23. The quantitative estimate of drug-likeness (QED) is 0.932. The molecule has 0 aliphatic carbocycles. The Kier molecular flexibility index (Phi) is 4.22. The molecule has 0 radical (unpaired) electrons. The van der Waals surface area contributed by atoms with E-state index in [9.17, 15) is 4.39 Å². The van der Waals surface area contributed by atoms with E-state index in [0.29, 0.717) is 23.1 Å². The molecule has 1 heterocycles. The summed E-state index contributed by atoms with van der Waals surface area (Å²) in [6, 6.07) is 9.74. The molecule has 1 aromatic heterocycles. The highest BCUT2D eigenvalue weighted by atomic mass is 35.5. The Hall–Kier alpha value is -1.81. The van der Waals surface area contributed by atoms with Crippen LogP contribution >= 0.6 is 11.6 Å². The third kappa shape index (κ3) is 3.35. The summed E-state index contributed by atoms with van der Waals surface area (Å²) in [5.74, 6) is 0.189. The van der Waals surface area contributed by atoms with Crippen LogP contribution in [0.1, 0.15) is 12.6 Å². The SMILES string of the molecule is CCN(Cc1nc(N)ccc1Cl)c1ccc(F)cc1.